The molecule has 0 saturated carbocycles. The molecule has 0 spiro atoms. The van der Waals surface area contributed by atoms with Gasteiger partial charge in [-0.25, -0.2) is 0 Å². The van der Waals surface area contributed by atoms with Crippen LogP contribution in [-0.4, -0.2) is 40.9 Å². The Kier molecular flexibility index (Phi) is 5.44. The zero-order valence-electron chi connectivity index (χ0n) is 16.9. The lowest BCUT2D eigenvalue weighted by Crippen LogP contribution is -2.31. The van der Waals surface area contributed by atoms with Gasteiger partial charge in [0.05, 0.1) is 32.1 Å². The highest BCUT2D eigenvalue weighted by atomic mass is 16.5. The summed E-state index contributed by atoms with van der Waals surface area (Å²) in [4.78, 5) is 31.8. The predicted octanol–water partition coefficient (Wildman–Crippen LogP) is 3.47. The molecule has 31 heavy (non-hydrogen) atoms. The summed E-state index contributed by atoms with van der Waals surface area (Å²) < 4.78 is 16.1. The number of pyridine rings is 1. The fourth-order valence-corrected chi connectivity index (χ4v) is 3.65. The van der Waals surface area contributed by atoms with Gasteiger partial charge in [0, 0.05) is 24.5 Å². The molecule has 0 aliphatic carbocycles. The highest BCUT2D eigenvalue weighted by Gasteiger charge is 2.45. The van der Waals surface area contributed by atoms with Gasteiger partial charge in [0.25, 0.3) is 5.91 Å². The van der Waals surface area contributed by atoms with Gasteiger partial charge in [-0.05, 0) is 42.0 Å². The van der Waals surface area contributed by atoms with E-state index in [0.717, 1.165) is 5.56 Å². The number of Topliss-reactive ketones (excluding diaryl/α,β-unsaturated/α-hetero) is 1. The summed E-state index contributed by atoms with van der Waals surface area (Å²) in [6.45, 7) is 0.122. The summed E-state index contributed by atoms with van der Waals surface area (Å²) in [5, 5.41) is 10.7. The minimum atomic E-state index is -0.921. The number of carbonyl (C=O) groups is 2. The second-order valence-corrected chi connectivity index (χ2v) is 6.87. The lowest BCUT2D eigenvalue weighted by Gasteiger charge is -2.28. The van der Waals surface area contributed by atoms with E-state index < -0.39 is 23.5 Å². The highest BCUT2D eigenvalue weighted by Crippen LogP contribution is 2.44. The Morgan fingerprint density at radius 3 is 2.68 bits per heavy atom. The van der Waals surface area contributed by atoms with E-state index in [0.29, 0.717) is 17.1 Å². The topological polar surface area (TPSA) is 102 Å². The van der Waals surface area contributed by atoms with Gasteiger partial charge in [-0.15, -0.1) is 0 Å². The molecule has 0 bridgehead atoms. The molecule has 0 saturated heterocycles. The lowest BCUT2D eigenvalue weighted by molar-refractivity contribution is -0.130. The van der Waals surface area contributed by atoms with Gasteiger partial charge in [0.1, 0.15) is 11.5 Å². The molecule has 0 fully saturated rings. The van der Waals surface area contributed by atoms with Crippen molar-refractivity contribution in [3.63, 3.8) is 0 Å². The first-order valence-corrected chi connectivity index (χ1v) is 9.48. The van der Waals surface area contributed by atoms with Gasteiger partial charge in [-0.1, -0.05) is 6.07 Å². The van der Waals surface area contributed by atoms with Gasteiger partial charge in [-0.2, -0.15) is 0 Å². The number of benzene rings is 1. The van der Waals surface area contributed by atoms with Crippen LogP contribution in [0, 0.1) is 0 Å². The number of ketones is 1. The minimum Gasteiger partial charge on any atom is -0.503 e. The van der Waals surface area contributed by atoms with Gasteiger partial charge in [-0.3, -0.25) is 14.6 Å². The fourth-order valence-electron chi connectivity index (χ4n) is 3.65. The van der Waals surface area contributed by atoms with Crippen molar-refractivity contribution in [1.82, 2.24) is 9.88 Å². The molecule has 4 rings (SSSR count). The number of ether oxygens (including phenoxy) is 2. The molecule has 2 aromatic heterocycles. The minimum absolute atomic E-state index is 0.0180. The number of aromatic nitrogens is 1. The first-order chi connectivity index (χ1) is 15.0. The summed E-state index contributed by atoms with van der Waals surface area (Å²) in [6.07, 6.45) is 4.60. The van der Waals surface area contributed by atoms with Crippen LogP contribution in [0.3, 0.4) is 0 Å². The molecule has 8 heteroatoms. The zero-order chi connectivity index (χ0) is 22.0. The average Bonchev–Trinajstić information content (AvgIpc) is 3.42. The number of rotatable bonds is 7. The first-order valence-electron chi connectivity index (χ1n) is 9.48. The van der Waals surface area contributed by atoms with Gasteiger partial charge >= 0.3 is 0 Å². The summed E-state index contributed by atoms with van der Waals surface area (Å²) in [5.74, 6) is -0.910. The Labute approximate surface area is 178 Å². The molecule has 1 aromatic carbocycles. The smallest absolute Gasteiger partial charge is 0.290 e. The van der Waals surface area contributed by atoms with E-state index in [9.17, 15) is 14.7 Å². The Balaban J connectivity index is 1.87. The summed E-state index contributed by atoms with van der Waals surface area (Å²) in [6, 6.07) is 10.8. The fraction of sp³-hybridized carbons (Fsp3) is 0.174. The van der Waals surface area contributed by atoms with E-state index in [1.54, 1.807) is 42.7 Å². The molecule has 1 aliphatic heterocycles. The Morgan fingerprint density at radius 2 is 2.03 bits per heavy atom. The number of hydrogen-bond donors (Lipinski definition) is 1. The molecule has 1 aliphatic rings. The number of hydrogen-bond acceptors (Lipinski definition) is 7. The number of methoxy groups -OCH3 is 2. The molecule has 1 atom stereocenters. The second-order valence-electron chi connectivity index (χ2n) is 6.87. The molecule has 1 amide bonds. The standard InChI is InChI=1S/C23H20N2O6/c1-29-15-7-8-17(30-2)16(11-15)20-19(21(26)18-6-4-10-31-18)22(27)23(28)25(20)13-14-5-3-9-24-12-14/h3-12,20,27H,13H2,1-2H3/t20-/m0/s1. The third kappa shape index (κ3) is 3.63. The molecular formula is C23H20N2O6. The molecule has 8 nitrogen and oxygen atoms in total. The molecule has 3 aromatic rings. The van der Waals surface area contributed by atoms with Crippen LogP contribution in [0.4, 0.5) is 0 Å². The second kappa shape index (κ2) is 8.35. The van der Waals surface area contributed by atoms with Crippen molar-refractivity contribution in [2.45, 2.75) is 12.6 Å². The van der Waals surface area contributed by atoms with Gasteiger partial charge in [0.15, 0.2) is 11.5 Å². The quantitative estimate of drug-likeness (QED) is 0.584. The van der Waals surface area contributed by atoms with E-state index >= 15 is 0 Å². The lowest BCUT2D eigenvalue weighted by atomic mass is 9.94. The van der Waals surface area contributed by atoms with Crippen LogP contribution in [-0.2, 0) is 11.3 Å². The monoisotopic (exact) mass is 420 g/mol. The molecule has 0 unspecified atom stereocenters. The van der Waals surface area contributed by atoms with Crippen molar-refractivity contribution in [3.8, 4) is 11.5 Å². The van der Waals surface area contributed by atoms with E-state index in [1.165, 1.54) is 31.4 Å². The largest absolute Gasteiger partial charge is 0.503 e. The summed E-state index contributed by atoms with van der Waals surface area (Å²) in [5.41, 5.74) is 1.15. The van der Waals surface area contributed by atoms with Crippen molar-refractivity contribution in [1.29, 1.82) is 0 Å². The average molecular weight is 420 g/mol. The van der Waals surface area contributed by atoms with Crippen LogP contribution in [0.1, 0.15) is 27.7 Å². The first kappa shape index (κ1) is 20.2. The van der Waals surface area contributed by atoms with E-state index in [2.05, 4.69) is 4.98 Å². The van der Waals surface area contributed by atoms with Crippen LogP contribution in [0.15, 0.2) is 76.9 Å². The Morgan fingerprint density at radius 1 is 1.19 bits per heavy atom. The van der Waals surface area contributed by atoms with E-state index in [1.807, 2.05) is 6.07 Å². The number of aliphatic hydroxyl groups is 1. The van der Waals surface area contributed by atoms with Crippen molar-refractivity contribution >= 4 is 11.7 Å². The number of aliphatic hydroxyl groups excluding tert-OH is 1. The number of carbonyl (C=O) groups excluding carboxylic acids is 2. The summed E-state index contributed by atoms with van der Waals surface area (Å²) in [7, 11) is 3.01. The molecule has 1 N–H and O–H groups in total. The van der Waals surface area contributed by atoms with Crippen LogP contribution < -0.4 is 9.47 Å². The predicted molar refractivity (Wildman–Crippen MR) is 110 cm³/mol. The number of furan rings is 1. The molecule has 158 valence electrons. The molecule has 3 heterocycles. The maximum atomic E-state index is 13.2. The van der Waals surface area contributed by atoms with E-state index in [-0.39, 0.29) is 17.9 Å². The SMILES string of the molecule is COc1ccc(OC)c([C@H]2C(C(=O)c3ccco3)=C(O)C(=O)N2Cc2cccnc2)c1. The summed E-state index contributed by atoms with van der Waals surface area (Å²) >= 11 is 0. The van der Waals surface area contributed by atoms with Crippen LogP contribution >= 0.6 is 0 Å². The van der Waals surface area contributed by atoms with E-state index in [4.69, 9.17) is 13.9 Å². The molecule has 0 radical (unpaired) electrons. The van der Waals surface area contributed by atoms with Crippen molar-refractivity contribution in [2.24, 2.45) is 0 Å². The highest BCUT2D eigenvalue weighted by molar-refractivity contribution is 6.15. The normalized spacial score (nSPS) is 16.0. The van der Waals surface area contributed by atoms with Gasteiger partial charge < -0.3 is 23.9 Å². The van der Waals surface area contributed by atoms with Crippen LogP contribution in [0.5, 0.6) is 11.5 Å². The van der Waals surface area contributed by atoms with Crippen molar-refractivity contribution in [2.75, 3.05) is 14.2 Å². The maximum Gasteiger partial charge on any atom is 0.290 e. The third-order valence-corrected chi connectivity index (χ3v) is 5.10. The van der Waals surface area contributed by atoms with Gasteiger partial charge in [0.2, 0.25) is 5.78 Å². The molecular weight excluding hydrogens is 400 g/mol. The Hall–Kier alpha value is -4.07. The van der Waals surface area contributed by atoms with Crippen LogP contribution in [0.25, 0.3) is 0 Å². The third-order valence-electron chi connectivity index (χ3n) is 5.10. The zero-order valence-corrected chi connectivity index (χ0v) is 16.9. The number of nitrogens with zero attached hydrogens (tertiary/aromatic N) is 2. The van der Waals surface area contributed by atoms with Crippen molar-refractivity contribution < 1.29 is 28.6 Å². The maximum absolute atomic E-state index is 13.2. The number of amides is 1. The van der Waals surface area contributed by atoms with Crippen molar-refractivity contribution in [3.05, 3.63) is 89.3 Å². The van der Waals surface area contributed by atoms with Crippen LogP contribution in [0.2, 0.25) is 0 Å². The Bertz CT molecular complexity index is 1140.